The van der Waals surface area contributed by atoms with Crippen molar-refractivity contribution in [2.45, 2.75) is 71.4 Å². The van der Waals surface area contributed by atoms with Crippen molar-refractivity contribution >= 4 is 30.8 Å². The number of nitrogens with two attached hydrogens (primary N) is 1. The van der Waals surface area contributed by atoms with Crippen LogP contribution in [0.4, 0.5) is 0 Å². The second-order valence-electron chi connectivity index (χ2n) is 7.91. The smallest absolute Gasteiger partial charge is 0.312 e. The Labute approximate surface area is 157 Å². The molecule has 2 rings (SSSR count). The van der Waals surface area contributed by atoms with E-state index >= 15 is 0 Å². The van der Waals surface area contributed by atoms with E-state index in [2.05, 4.69) is 25.8 Å². The first-order chi connectivity index (χ1) is 10.2. The monoisotopic (exact) mass is 379 g/mol. The van der Waals surface area contributed by atoms with Crippen LogP contribution in [0.2, 0.25) is 0 Å². The van der Waals surface area contributed by atoms with Gasteiger partial charge in [0.05, 0.1) is 12.0 Å². The fraction of sp³-hybridized carbons (Fsp3) is 0.765. The fourth-order valence-electron chi connectivity index (χ4n) is 3.15. The van der Waals surface area contributed by atoms with Crippen LogP contribution in [0.1, 0.15) is 64.5 Å². The van der Waals surface area contributed by atoms with Crippen LogP contribution < -0.4 is 5.73 Å². The lowest BCUT2D eigenvalue weighted by atomic mass is 9.91. The van der Waals surface area contributed by atoms with Crippen LogP contribution in [0.25, 0.3) is 0 Å². The van der Waals surface area contributed by atoms with Gasteiger partial charge in [0.2, 0.25) is 0 Å². The molecule has 1 aliphatic rings. The van der Waals surface area contributed by atoms with Gasteiger partial charge in [-0.3, -0.25) is 4.79 Å². The molecule has 0 bridgehead atoms. The quantitative estimate of drug-likeness (QED) is 0.786. The number of aliphatic carboxylic acids is 1. The Bertz CT molecular complexity index is 514. The minimum absolute atomic E-state index is 0. The van der Waals surface area contributed by atoms with Gasteiger partial charge in [-0.2, -0.15) is 0 Å². The molecule has 5 nitrogen and oxygen atoms in total. The third kappa shape index (κ3) is 6.99. The maximum Gasteiger partial charge on any atom is 0.312 e. The highest BCUT2D eigenvalue weighted by molar-refractivity contribution is 5.85. The number of aromatic nitrogens is 2. The molecule has 1 aromatic rings. The normalized spacial score (nSPS) is 21.7. The third-order valence-electron chi connectivity index (χ3n) is 4.58. The van der Waals surface area contributed by atoms with Crippen molar-refractivity contribution in [2.24, 2.45) is 17.1 Å². The molecule has 0 aliphatic heterocycles. The van der Waals surface area contributed by atoms with Crippen LogP contribution in [0.15, 0.2) is 12.5 Å². The minimum atomic E-state index is -0.776. The molecule has 140 valence electrons. The summed E-state index contributed by atoms with van der Waals surface area (Å²) in [5.74, 6) is -0.872. The predicted molar refractivity (Wildman–Crippen MR) is 101 cm³/mol. The van der Waals surface area contributed by atoms with Gasteiger partial charge in [0.25, 0.3) is 0 Å². The maximum atomic E-state index is 11.6. The summed E-state index contributed by atoms with van der Waals surface area (Å²) in [7, 11) is 0. The van der Waals surface area contributed by atoms with Gasteiger partial charge in [0.1, 0.15) is 5.92 Å². The predicted octanol–water partition coefficient (Wildman–Crippen LogP) is 3.85. The molecule has 1 heterocycles. The Balaban J connectivity index is 0.00000264. The van der Waals surface area contributed by atoms with E-state index in [1.54, 1.807) is 6.33 Å². The van der Waals surface area contributed by atoms with E-state index in [1.165, 1.54) is 0 Å². The summed E-state index contributed by atoms with van der Waals surface area (Å²) in [6, 6.07) is 0.240. The fourth-order valence-corrected chi connectivity index (χ4v) is 3.15. The molecule has 1 fully saturated rings. The van der Waals surface area contributed by atoms with Gasteiger partial charge in [0.15, 0.2) is 0 Å². The molecular weight excluding hydrogens is 349 g/mol. The van der Waals surface area contributed by atoms with E-state index in [0.717, 1.165) is 32.2 Å². The Hall–Kier alpha value is -0.780. The SMILES string of the molecule is CC(C)(C)CCn1cnc(C(C[C@@H]2CC[C@H](N)C2)C(=O)O)c1.Cl.Cl. The summed E-state index contributed by atoms with van der Waals surface area (Å²) in [5, 5.41) is 9.54. The average Bonchev–Trinajstić information content (AvgIpc) is 3.01. The lowest BCUT2D eigenvalue weighted by Crippen LogP contribution is -2.18. The van der Waals surface area contributed by atoms with E-state index in [9.17, 15) is 9.90 Å². The average molecular weight is 380 g/mol. The summed E-state index contributed by atoms with van der Waals surface area (Å²) in [5.41, 5.74) is 6.88. The van der Waals surface area contributed by atoms with Gasteiger partial charge in [0, 0.05) is 18.8 Å². The van der Waals surface area contributed by atoms with E-state index in [4.69, 9.17) is 5.73 Å². The first-order valence-electron chi connectivity index (χ1n) is 8.24. The highest BCUT2D eigenvalue weighted by Crippen LogP contribution is 2.33. The van der Waals surface area contributed by atoms with Crippen molar-refractivity contribution in [1.29, 1.82) is 0 Å². The van der Waals surface area contributed by atoms with E-state index in [1.807, 2.05) is 10.8 Å². The van der Waals surface area contributed by atoms with Crippen LogP contribution >= 0.6 is 24.8 Å². The third-order valence-corrected chi connectivity index (χ3v) is 4.58. The van der Waals surface area contributed by atoms with Crippen LogP contribution in [-0.2, 0) is 11.3 Å². The second kappa shape index (κ2) is 9.64. The zero-order chi connectivity index (χ0) is 16.3. The van der Waals surface area contributed by atoms with Crippen molar-refractivity contribution in [3.8, 4) is 0 Å². The molecule has 0 spiro atoms. The number of hydrogen-bond acceptors (Lipinski definition) is 3. The summed E-state index contributed by atoms with van der Waals surface area (Å²) in [6.07, 6.45) is 8.34. The van der Waals surface area contributed by atoms with Gasteiger partial charge in [-0.05, 0) is 43.4 Å². The molecule has 3 atom stereocenters. The zero-order valence-electron chi connectivity index (χ0n) is 14.8. The minimum Gasteiger partial charge on any atom is -0.481 e. The highest BCUT2D eigenvalue weighted by Gasteiger charge is 2.30. The van der Waals surface area contributed by atoms with Crippen molar-refractivity contribution in [2.75, 3.05) is 0 Å². The van der Waals surface area contributed by atoms with Crippen molar-refractivity contribution in [1.82, 2.24) is 9.55 Å². The van der Waals surface area contributed by atoms with Crippen molar-refractivity contribution in [3.05, 3.63) is 18.2 Å². The van der Waals surface area contributed by atoms with Crippen molar-refractivity contribution in [3.63, 3.8) is 0 Å². The molecule has 3 N–H and O–H groups in total. The Morgan fingerprint density at radius 1 is 1.42 bits per heavy atom. The lowest BCUT2D eigenvalue weighted by Gasteiger charge is -2.18. The first kappa shape index (κ1) is 23.2. The number of carboxylic acid groups (broad SMARTS) is 1. The number of rotatable bonds is 6. The number of imidazole rings is 1. The molecule has 1 aliphatic carbocycles. The maximum absolute atomic E-state index is 11.6. The van der Waals surface area contributed by atoms with Gasteiger partial charge in [-0.25, -0.2) is 4.98 Å². The van der Waals surface area contributed by atoms with Crippen LogP contribution in [-0.4, -0.2) is 26.7 Å². The number of nitrogens with zero attached hydrogens (tertiary/aromatic N) is 2. The summed E-state index contributed by atoms with van der Waals surface area (Å²) in [6.45, 7) is 7.48. The lowest BCUT2D eigenvalue weighted by molar-refractivity contribution is -0.139. The molecule has 0 amide bonds. The Kier molecular flexibility index (Phi) is 9.32. The van der Waals surface area contributed by atoms with E-state index in [0.29, 0.717) is 18.0 Å². The van der Waals surface area contributed by atoms with E-state index < -0.39 is 11.9 Å². The number of carboxylic acids is 1. The second-order valence-corrected chi connectivity index (χ2v) is 7.91. The number of halogens is 2. The summed E-state index contributed by atoms with van der Waals surface area (Å²) < 4.78 is 2.01. The first-order valence-corrected chi connectivity index (χ1v) is 8.24. The van der Waals surface area contributed by atoms with Gasteiger partial charge >= 0.3 is 5.97 Å². The van der Waals surface area contributed by atoms with Crippen LogP contribution in [0.5, 0.6) is 0 Å². The summed E-state index contributed by atoms with van der Waals surface area (Å²) in [4.78, 5) is 16.0. The molecule has 0 saturated heterocycles. The summed E-state index contributed by atoms with van der Waals surface area (Å²) >= 11 is 0. The highest BCUT2D eigenvalue weighted by atomic mass is 35.5. The number of aryl methyl sites for hydroxylation is 1. The van der Waals surface area contributed by atoms with Crippen LogP contribution in [0, 0.1) is 11.3 Å². The molecule has 1 unspecified atom stereocenters. The molecule has 7 heteroatoms. The zero-order valence-corrected chi connectivity index (χ0v) is 16.4. The van der Waals surface area contributed by atoms with Gasteiger partial charge in [-0.1, -0.05) is 20.8 Å². The standard InChI is InChI=1S/C17H29N3O2.2ClH/c1-17(2,3)6-7-20-10-15(19-11-20)14(16(21)22)9-12-4-5-13(18)8-12;;/h10-14H,4-9,18H2,1-3H3,(H,21,22);2*1H/t12-,13+,14?;;/m1../s1. The van der Waals surface area contributed by atoms with Crippen molar-refractivity contribution < 1.29 is 9.90 Å². The molecule has 1 saturated carbocycles. The van der Waals surface area contributed by atoms with E-state index in [-0.39, 0.29) is 36.3 Å². The van der Waals surface area contributed by atoms with Crippen LogP contribution in [0.3, 0.4) is 0 Å². The molecule has 24 heavy (non-hydrogen) atoms. The largest absolute Gasteiger partial charge is 0.481 e. The molecular formula is C17H31Cl2N3O2. The molecule has 0 radical (unpaired) electrons. The Morgan fingerprint density at radius 2 is 2.08 bits per heavy atom. The Morgan fingerprint density at radius 3 is 2.58 bits per heavy atom. The number of carbonyl (C=O) groups is 1. The topological polar surface area (TPSA) is 81.1 Å². The van der Waals surface area contributed by atoms with Gasteiger partial charge in [-0.15, -0.1) is 24.8 Å². The molecule has 0 aromatic carbocycles. The number of hydrogen-bond donors (Lipinski definition) is 2. The van der Waals surface area contributed by atoms with Gasteiger partial charge < -0.3 is 15.4 Å². The molecule has 1 aromatic heterocycles.